The second-order valence-corrected chi connectivity index (χ2v) is 7.38. The van der Waals surface area contributed by atoms with Gasteiger partial charge in [-0.3, -0.25) is 9.78 Å². The Kier molecular flexibility index (Phi) is 4.75. The van der Waals surface area contributed by atoms with Crippen molar-refractivity contribution in [1.82, 2.24) is 15.3 Å². The van der Waals surface area contributed by atoms with Gasteiger partial charge < -0.3 is 11.1 Å². The summed E-state index contributed by atoms with van der Waals surface area (Å²) in [6.45, 7) is 0.378. The molecule has 7 heteroatoms. The van der Waals surface area contributed by atoms with Crippen molar-refractivity contribution in [3.63, 3.8) is 0 Å². The van der Waals surface area contributed by atoms with Crippen molar-refractivity contribution in [2.75, 3.05) is 5.73 Å². The Labute approximate surface area is 164 Å². The van der Waals surface area contributed by atoms with Gasteiger partial charge in [-0.2, -0.15) is 0 Å². The summed E-state index contributed by atoms with van der Waals surface area (Å²) in [5.74, 6) is -0.221. The van der Waals surface area contributed by atoms with E-state index in [1.54, 1.807) is 18.5 Å². The molecule has 3 heterocycles. The van der Waals surface area contributed by atoms with Crippen LogP contribution in [0.2, 0.25) is 5.02 Å². The number of nitrogens with one attached hydrogen (secondary N) is 1. The molecule has 0 saturated carbocycles. The molecule has 27 heavy (non-hydrogen) atoms. The van der Waals surface area contributed by atoms with Gasteiger partial charge in [-0.05, 0) is 42.0 Å². The highest BCUT2D eigenvalue weighted by Gasteiger charge is 2.17. The van der Waals surface area contributed by atoms with Crippen LogP contribution in [-0.2, 0) is 6.54 Å². The van der Waals surface area contributed by atoms with Crippen LogP contribution in [0.3, 0.4) is 0 Å². The molecule has 0 spiro atoms. The quantitative estimate of drug-likeness (QED) is 0.533. The van der Waals surface area contributed by atoms with Gasteiger partial charge in [0.2, 0.25) is 0 Å². The van der Waals surface area contributed by atoms with Gasteiger partial charge in [-0.1, -0.05) is 23.7 Å². The normalized spacial score (nSPS) is 10.9. The molecular weight excluding hydrogens is 380 g/mol. The molecule has 0 unspecified atom stereocenters. The maximum absolute atomic E-state index is 12.6. The van der Waals surface area contributed by atoms with Gasteiger partial charge in [0.15, 0.2) is 0 Å². The second kappa shape index (κ2) is 7.34. The molecule has 0 aliphatic carbocycles. The Morgan fingerprint density at radius 1 is 1.15 bits per heavy atom. The van der Waals surface area contributed by atoms with E-state index in [4.69, 9.17) is 17.3 Å². The molecule has 3 N–H and O–H groups in total. The number of carbonyl (C=O) groups is 1. The zero-order chi connectivity index (χ0) is 18.8. The van der Waals surface area contributed by atoms with Crippen LogP contribution in [0.4, 0.5) is 5.69 Å². The summed E-state index contributed by atoms with van der Waals surface area (Å²) in [6.07, 6.45) is 3.44. The average Bonchev–Trinajstić information content (AvgIpc) is 3.03. The third-order valence-corrected chi connectivity index (χ3v) is 5.47. The molecule has 5 nitrogen and oxygen atoms in total. The van der Waals surface area contributed by atoms with Gasteiger partial charge in [-0.25, -0.2) is 4.98 Å². The fraction of sp³-hybridized carbons (Fsp3) is 0.0500. The summed E-state index contributed by atoms with van der Waals surface area (Å²) in [5.41, 5.74) is 9.36. The van der Waals surface area contributed by atoms with Crippen molar-refractivity contribution in [2.24, 2.45) is 0 Å². The van der Waals surface area contributed by atoms with Crippen molar-refractivity contribution < 1.29 is 4.79 Å². The molecular formula is C20H15ClN4OS. The van der Waals surface area contributed by atoms with Crippen LogP contribution >= 0.6 is 22.9 Å². The standard InChI is InChI=1S/C20H15ClN4OS/c21-14-3-1-2-12(10-14)11-24-19(26)18-17(22)15-4-5-16(25-20(15)27-18)13-6-8-23-9-7-13/h1-10H,11,22H2,(H,24,26). The number of benzene rings is 1. The molecule has 3 aromatic heterocycles. The lowest BCUT2D eigenvalue weighted by Gasteiger charge is -2.05. The van der Waals surface area contributed by atoms with E-state index in [1.807, 2.05) is 42.5 Å². The fourth-order valence-corrected chi connectivity index (χ4v) is 3.98. The molecule has 0 fully saturated rings. The number of nitrogens with two attached hydrogens (primary N) is 1. The van der Waals surface area contributed by atoms with E-state index in [2.05, 4.69) is 15.3 Å². The van der Waals surface area contributed by atoms with Crippen LogP contribution in [0.15, 0.2) is 60.9 Å². The van der Waals surface area contributed by atoms with Crippen molar-refractivity contribution >= 4 is 44.7 Å². The van der Waals surface area contributed by atoms with Gasteiger partial charge in [0, 0.05) is 34.9 Å². The number of nitrogen functional groups attached to an aromatic ring is 1. The van der Waals surface area contributed by atoms with E-state index in [-0.39, 0.29) is 5.91 Å². The van der Waals surface area contributed by atoms with Crippen molar-refractivity contribution in [2.45, 2.75) is 6.54 Å². The van der Waals surface area contributed by atoms with Gasteiger partial charge in [0.25, 0.3) is 5.91 Å². The number of pyridine rings is 2. The van der Waals surface area contributed by atoms with Gasteiger partial charge in [0.05, 0.1) is 11.4 Å². The third-order valence-electron chi connectivity index (χ3n) is 4.12. The third kappa shape index (κ3) is 3.63. The first-order valence-corrected chi connectivity index (χ1v) is 9.43. The Morgan fingerprint density at radius 3 is 2.74 bits per heavy atom. The minimum atomic E-state index is -0.221. The lowest BCUT2D eigenvalue weighted by atomic mass is 10.1. The first-order valence-electron chi connectivity index (χ1n) is 8.24. The second-order valence-electron chi connectivity index (χ2n) is 5.94. The Balaban J connectivity index is 1.60. The van der Waals surface area contributed by atoms with E-state index in [1.165, 1.54) is 11.3 Å². The van der Waals surface area contributed by atoms with E-state index in [9.17, 15) is 4.79 Å². The highest BCUT2D eigenvalue weighted by Crippen LogP contribution is 2.34. The molecule has 134 valence electrons. The Bertz CT molecular complexity index is 1130. The maximum Gasteiger partial charge on any atom is 0.263 e. The van der Waals surface area contributed by atoms with E-state index in [0.29, 0.717) is 22.1 Å². The topological polar surface area (TPSA) is 80.9 Å². The van der Waals surface area contributed by atoms with Crippen LogP contribution in [-0.4, -0.2) is 15.9 Å². The van der Waals surface area contributed by atoms with E-state index in [0.717, 1.165) is 27.0 Å². The average molecular weight is 395 g/mol. The molecule has 0 bridgehead atoms. The minimum absolute atomic E-state index is 0.221. The number of rotatable bonds is 4. The van der Waals surface area contributed by atoms with Crippen molar-refractivity contribution in [3.05, 3.63) is 76.4 Å². The molecule has 0 atom stereocenters. The van der Waals surface area contributed by atoms with Crippen LogP contribution in [0.25, 0.3) is 21.5 Å². The summed E-state index contributed by atoms with van der Waals surface area (Å²) in [5, 5.41) is 4.31. The number of anilines is 1. The minimum Gasteiger partial charge on any atom is -0.397 e. The summed E-state index contributed by atoms with van der Waals surface area (Å²) < 4.78 is 0. The number of carbonyl (C=O) groups excluding carboxylic acids is 1. The van der Waals surface area contributed by atoms with Crippen molar-refractivity contribution in [1.29, 1.82) is 0 Å². The number of halogens is 1. The van der Waals surface area contributed by atoms with Crippen LogP contribution in [0.1, 0.15) is 15.2 Å². The summed E-state index contributed by atoms with van der Waals surface area (Å²) in [7, 11) is 0. The van der Waals surface area contributed by atoms with Gasteiger partial charge in [0.1, 0.15) is 9.71 Å². The molecule has 1 aromatic carbocycles. The smallest absolute Gasteiger partial charge is 0.263 e. The first-order chi connectivity index (χ1) is 13.1. The number of hydrogen-bond acceptors (Lipinski definition) is 5. The summed E-state index contributed by atoms with van der Waals surface area (Å²) in [6, 6.07) is 15.0. The van der Waals surface area contributed by atoms with E-state index < -0.39 is 0 Å². The Hall–Kier alpha value is -2.96. The lowest BCUT2D eigenvalue weighted by Crippen LogP contribution is -2.22. The molecule has 4 aromatic rings. The van der Waals surface area contributed by atoms with Gasteiger partial charge in [-0.15, -0.1) is 11.3 Å². The SMILES string of the molecule is Nc1c(C(=O)NCc2cccc(Cl)c2)sc2nc(-c3ccncc3)ccc12. The lowest BCUT2D eigenvalue weighted by molar-refractivity contribution is 0.0956. The highest BCUT2D eigenvalue weighted by molar-refractivity contribution is 7.21. The largest absolute Gasteiger partial charge is 0.397 e. The number of fused-ring (bicyclic) bond motifs is 1. The zero-order valence-electron chi connectivity index (χ0n) is 14.1. The zero-order valence-corrected chi connectivity index (χ0v) is 15.7. The number of thiophene rings is 1. The van der Waals surface area contributed by atoms with Crippen molar-refractivity contribution in [3.8, 4) is 11.3 Å². The first kappa shape index (κ1) is 17.5. The molecule has 4 rings (SSSR count). The molecule has 0 radical (unpaired) electrons. The predicted molar refractivity (Wildman–Crippen MR) is 110 cm³/mol. The van der Waals surface area contributed by atoms with E-state index >= 15 is 0 Å². The summed E-state index contributed by atoms with van der Waals surface area (Å²) >= 11 is 7.27. The monoisotopic (exact) mass is 394 g/mol. The number of hydrogen-bond donors (Lipinski definition) is 2. The maximum atomic E-state index is 12.6. The Morgan fingerprint density at radius 2 is 1.96 bits per heavy atom. The predicted octanol–water partition coefficient (Wildman–Crippen LogP) is 4.52. The highest BCUT2D eigenvalue weighted by atomic mass is 35.5. The summed E-state index contributed by atoms with van der Waals surface area (Å²) in [4.78, 5) is 22.5. The van der Waals surface area contributed by atoms with Crippen LogP contribution in [0.5, 0.6) is 0 Å². The fourth-order valence-electron chi connectivity index (χ4n) is 2.76. The van der Waals surface area contributed by atoms with Crippen LogP contribution < -0.4 is 11.1 Å². The number of amides is 1. The van der Waals surface area contributed by atoms with Crippen LogP contribution in [0, 0.1) is 0 Å². The van der Waals surface area contributed by atoms with Gasteiger partial charge >= 0.3 is 0 Å². The molecule has 1 amide bonds. The molecule has 0 saturated heterocycles. The number of aromatic nitrogens is 2. The number of nitrogens with zero attached hydrogens (tertiary/aromatic N) is 2. The molecule has 0 aliphatic rings. The molecule has 0 aliphatic heterocycles.